The molecule has 1 fully saturated rings. The number of thiocarbonyl (C=S) groups is 1. The van der Waals surface area contributed by atoms with Crippen LogP contribution in [0.5, 0.6) is 11.5 Å². The highest BCUT2D eigenvalue weighted by atomic mass is 32.1. The number of carboxylic acid groups (broad SMARTS) is 1. The minimum atomic E-state index is -1.38. The minimum Gasteiger partial charge on any atom is -0.546 e. The van der Waals surface area contributed by atoms with Gasteiger partial charge in [-0.05, 0) is 54.5 Å². The van der Waals surface area contributed by atoms with E-state index < -0.39 is 24.4 Å². The zero-order valence-electron chi connectivity index (χ0n) is 17.1. The summed E-state index contributed by atoms with van der Waals surface area (Å²) in [7, 11) is 1.39. The van der Waals surface area contributed by atoms with Crippen LogP contribution in [0.1, 0.15) is 11.1 Å². The quantitative estimate of drug-likeness (QED) is 0.280. The number of amides is 2. The number of anilines is 1. The largest absolute Gasteiger partial charge is 0.546 e. The Labute approximate surface area is 189 Å². The van der Waals surface area contributed by atoms with Crippen LogP contribution in [0.15, 0.2) is 60.7 Å². The predicted molar refractivity (Wildman–Crippen MR) is 120 cm³/mol. The lowest BCUT2D eigenvalue weighted by Gasteiger charge is -2.29. The normalized spacial score (nSPS) is 14.8. The highest BCUT2D eigenvalue weighted by molar-refractivity contribution is 7.80. The summed E-state index contributed by atoms with van der Waals surface area (Å²) in [5, 5.41) is 13.3. The summed E-state index contributed by atoms with van der Waals surface area (Å²) in [6, 6.07) is 11.9. The van der Waals surface area contributed by atoms with Crippen LogP contribution in [0.4, 0.5) is 5.69 Å². The van der Waals surface area contributed by atoms with E-state index in [0.717, 1.165) is 0 Å². The van der Waals surface area contributed by atoms with Gasteiger partial charge in [-0.15, -0.1) is 6.58 Å². The zero-order valence-corrected chi connectivity index (χ0v) is 17.9. The molecule has 1 aliphatic heterocycles. The van der Waals surface area contributed by atoms with Crippen LogP contribution in [0, 0.1) is 0 Å². The van der Waals surface area contributed by atoms with Crippen molar-refractivity contribution in [2.24, 2.45) is 0 Å². The number of ether oxygens (including phenoxy) is 2. The first-order valence-electron chi connectivity index (χ1n) is 9.46. The van der Waals surface area contributed by atoms with E-state index in [1.165, 1.54) is 24.2 Å². The van der Waals surface area contributed by atoms with Crippen molar-refractivity contribution in [2.45, 2.75) is 6.42 Å². The first kappa shape index (κ1) is 22.7. The molecule has 0 saturated carbocycles. The monoisotopic (exact) mass is 451 g/mol. The molecule has 0 aromatic heterocycles. The Morgan fingerprint density at radius 2 is 1.97 bits per heavy atom. The van der Waals surface area contributed by atoms with Gasteiger partial charge < -0.3 is 19.4 Å². The Kier molecular flexibility index (Phi) is 7.01. The lowest BCUT2D eigenvalue weighted by atomic mass is 10.0. The molecule has 2 aromatic rings. The second-order valence-corrected chi connectivity index (χ2v) is 7.04. The molecule has 0 spiro atoms. The van der Waals surface area contributed by atoms with Crippen molar-refractivity contribution in [3.05, 3.63) is 71.8 Å². The molecule has 1 aliphatic rings. The summed E-state index contributed by atoms with van der Waals surface area (Å²) in [6.45, 7) is 3.03. The third kappa shape index (κ3) is 4.84. The van der Waals surface area contributed by atoms with Gasteiger partial charge in [0.2, 0.25) is 0 Å². The van der Waals surface area contributed by atoms with Gasteiger partial charge in [0.25, 0.3) is 11.8 Å². The van der Waals surface area contributed by atoms with Gasteiger partial charge in [-0.2, -0.15) is 0 Å². The third-order valence-electron chi connectivity index (χ3n) is 4.50. The molecule has 1 saturated heterocycles. The van der Waals surface area contributed by atoms with Gasteiger partial charge in [-0.1, -0.05) is 24.3 Å². The number of nitrogens with zero attached hydrogens (tertiary/aromatic N) is 1. The summed E-state index contributed by atoms with van der Waals surface area (Å²) < 4.78 is 10.7. The van der Waals surface area contributed by atoms with E-state index in [1.807, 2.05) is 0 Å². The van der Waals surface area contributed by atoms with Crippen molar-refractivity contribution in [3.63, 3.8) is 0 Å². The molecule has 2 aromatic carbocycles. The Bertz CT molecular complexity index is 1130. The van der Waals surface area contributed by atoms with E-state index >= 15 is 0 Å². The standard InChI is InChI=1S/C23H20N2O6S/c1-3-7-15-10-14(12-18(30-2)20(15)31-13-19(26)27)11-17-21(28)24-23(32)25(22(17)29)16-8-5-4-6-9-16/h3-6,8-12H,1,7,13H2,2H3,(H,26,27)(H,24,28,32)/p-1/b17-11+. The maximum Gasteiger partial charge on any atom is 0.270 e. The highest BCUT2D eigenvalue weighted by Crippen LogP contribution is 2.34. The van der Waals surface area contributed by atoms with E-state index in [2.05, 4.69) is 11.9 Å². The van der Waals surface area contributed by atoms with Crippen LogP contribution in [-0.4, -0.2) is 36.6 Å². The number of methoxy groups -OCH3 is 1. The number of para-hydroxylation sites is 1. The number of hydrogen-bond acceptors (Lipinski definition) is 7. The number of aliphatic carboxylic acids is 1. The maximum atomic E-state index is 13.1. The van der Waals surface area contributed by atoms with Crippen molar-refractivity contribution in [3.8, 4) is 11.5 Å². The Balaban J connectivity index is 2.05. The summed E-state index contributed by atoms with van der Waals surface area (Å²) >= 11 is 5.19. The van der Waals surface area contributed by atoms with E-state index in [4.69, 9.17) is 21.7 Å². The average molecular weight is 451 g/mol. The SMILES string of the molecule is C=CCc1cc(/C=C2\C(=O)NC(=S)N(c3ccccc3)C2=O)cc(OC)c1OCC(=O)[O-]. The van der Waals surface area contributed by atoms with Gasteiger partial charge in [0.1, 0.15) is 12.2 Å². The molecule has 8 nitrogen and oxygen atoms in total. The van der Waals surface area contributed by atoms with Crippen molar-refractivity contribution >= 4 is 46.9 Å². The second kappa shape index (κ2) is 9.88. The number of carbonyl (C=O) groups is 3. The number of hydrogen-bond donors (Lipinski definition) is 1. The fraction of sp³-hybridized carbons (Fsp3) is 0.130. The van der Waals surface area contributed by atoms with Gasteiger partial charge in [0, 0.05) is 5.56 Å². The van der Waals surface area contributed by atoms with E-state index in [9.17, 15) is 19.5 Å². The molecule has 0 unspecified atom stereocenters. The van der Waals surface area contributed by atoms with E-state index in [1.54, 1.807) is 42.5 Å². The summed E-state index contributed by atoms with van der Waals surface area (Å²) in [5.41, 5.74) is 1.42. The van der Waals surface area contributed by atoms with Crippen LogP contribution in [0.3, 0.4) is 0 Å². The van der Waals surface area contributed by atoms with Crippen molar-refractivity contribution in [2.75, 3.05) is 18.6 Å². The molecule has 1 N–H and O–H groups in total. The van der Waals surface area contributed by atoms with Crippen LogP contribution in [0.25, 0.3) is 6.08 Å². The summed E-state index contributed by atoms with van der Waals surface area (Å²) in [4.78, 5) is 37.7. The molecule has 0 aliphatic carbocycles. The molecular formula is C23H19N2O6S-. The molecule has 32 heavy (non-hydrogen) atoms. The third-order valence-corrected chi connectivity index (χ3v) is 4.78. The molecule has 0 bridgehead atoms. The molecule has 3 rings (SSSR count). The van der Waals surface area contributed by atoms with E-state index in [0.29, 0.717) is 23.2 Å². The second-order valence-electron chi connectivity index (χ2n) is 6.66. The highest BCUT2D eigenvalue weighted by Gasteiger charge is 2.34. The molecule has 9 heteroatoms. The first-order valence-corrected chi connectivity index (χ1v) is 9.87. The zero-order chi connectivity index (χ0) is 23.3. The number of nitrogens with one attached hydrogen (secondary N) is 1. The lowest BCUT2D eigenvalue weighted by molar-refractivity contribution is -0.307. The Hall–Kier alpha value is -3.98. The summed E-state index contributed by atoms with van der Waals surface area (Å²) in [6.07, 6.45) is 3.34. The fourth-order valence-corrected chi connectivity index (χ4v) is 3.44. The minimum absolute atomic E-state index is 0.0145. The van der Waals surface area contributed by atoms with Crippen molar-refractivity contribution < 1.29 is 29.0 Å². The maximum absolute atomic E-state index is 13.1. The predicted octanol–water partition coefficient (Wildman–Crippen LogP) is 1.38. The number of carbonyl (C=O) groups excluding carboxylic acids is 3. The Morgan fingerprint density at radius 3 is 2.59 bits per heavy atom. The molecule has 0 atom stereocenters. The Morgan fingerprint density at radius 1 is 1.25 bits per heavy atom. The van der Waals surface area contributed by atoms with Crippen LogP contribution < -0.4 is 24.8 Å². The smallest absolute Gasteiger partial charge is 0.270 e. The topological polar surface area (TPSA) is 108 Å². The van der Waals surface area contributed by atoms with E-state index in [-0.39, 0.29) is 22.2 Å². The molecule has 0 radical (unpaired) electrons. The van der Waals surface area contributed by atoms with Crippen LogP contribution in [-0.2, 0) is 20.8 Å². The molecule has 164 valence electrons. The van der Waals surface area contributed by atoms with Gasteiger partial charge >= 0.3 is 0 Å². The number of carboxylic acids is 1. The summed E-state index contributed by atoms with van der Waals surface area (Å²) in [5.74, 6) is -2.15. The van der Waals surface area contributed by atoms with Crippen molar-refractivity contribution in [1.29, 1.82) is 0 Å². The van der Waals surface area contributed by atoms with Gasteiger partial charge in [0.15, 0.2) is 16.6 Å². The fourth-order valence-electron chi connectivity index (χ4n) is 3.16. The number of benzene rings is 2. The molecular weight excluding hydrogens is 432 g/mol. The average Bonchev–Trinajstić information content (AvgIpc) is 2.76. The first-order chi connectivity index (χ1) is 15.3. The van der Waals surface area contributed by atoms with Gasteiger partial charge in [-0.25, -0.2) is 0 Å². The molecule has 1 heterocycles. The van der Waals surface area contributed by atoms with Crippen LogP contribution >= 0.6 is 12.2 Å². The molecule has 2 amide bonds. The van der Waals surface area contributed by atoms with Crippen LogP contribution in [0.2, 0.25) is 0 Å². The lowest BCUT2D eigenvalue weighted by Crippen LogP contribution is -2.54. The van der Waals surface area contributed by atoms with Gasteiger partial charge in [0.05, 0.1) is 18.8 Å². The van der Waals surface area contributed by atoms with Gasteiger partial charge in [-0.3, -0.25) is 19.8 Å². The number of allylic oxidation sites excluding steroid dienone is 1. The number of rotatable bonds is 8. The van der Waals surface area contributed by atoms with Crippen molar-refractivity contribution in [1.82, 2.24) is 5.32 Å².